The lowest BCUT2D eigenvalue weighted by molar-refractivity contribution is -0.137. The minimum atomic E-state index is -4.41. The van der Waals surface area contributed by atoms with Gasteiger partial charge in [0.15, 0.2) is 0 Å². The van der Waals surface area contributed by atoms with E-state index in [1.165, 1.54) is 18.6 Å². The summed E-state index contributed by atoms with van der Waals surface area (Å²) >= 11 is 0. The number of halogens is 3. The van der Waals surface area contributed by atoms with Gasteiger partial charge in [0.25, 0.3) is 0 Å². The van der Waals surface area contributed by atoms with Crippen LogP contribution in [0.4, 0.5) is 13.2 Å². The number of aromatic nitrogens is 1. The van der Waals surface area contributed by atoms with Crippen LogP contribution in [0.25, 0.3) is 0 Å². The van der Waals surface area contributed by atoms with Crippen LogP contribution in [0, 0.1) is 5.41 Å². The molecule has 1 aromatic heterocycles. The van der Waals surface area contributed by atoms with Gasteiger partial charge in [-0.15, -0.1) is 0 Å². The van der Waals surface area contributed by atoms with Crippen molar-refractivity contribution >= 4 is 0 Å². The van der Waals surface area contributed by atoms with Gasteiger partial charge in [-0.25, -0.2) is 0 Å². The van der Waals surface area contributed by atoms with Gasteiger partial charge in [-0.3, -0.25) is 4.98 Å². The number of alkyl halides is 3. The maximum atomic E-state index is 13.2. The monoisotopic (exact) mass is 485 g/mol. The van der Waals surface area contributed by atoms with E-state index in [4.69, 9.17) is 4.98 Å². The van der Waals surface area contributed by atoms with E-state index in [0.717, 1.165) is 111 Å². The van der Waals surface area contributed by atoms with Crippen LogP contribution in [0.1, 0.15) is 134 Å². The number of hydrogen-bond donors (Lipinski definition) is 2. The highest BCUT2D eigenvalue weighted by molar-refractivity contribution is 5.51. The normalized spacial score (nSPS) is 25.2. The first kappa shape index (κ1) is 23.5. The molecule has 0 saturated heterocycles. The number of nitrogens with zero attached hydrogens (tertiary/aromatic N) is 1. The van der Waals surface area contributed by atoms with Crippen LogP contribution in [0.15, 0.2) is 24.3 Å². The molecular formula is C29H34F3NO2. The predicted octanol–water partition coefficient (Wildman–Crippen LogP) is 7.26. The second kappa shape index (κ2) is 8.58. The van der Waals surface area contributed by atoms with Crippen LogP contribution in [-0.4, -0.2) is 15.2 Å². The van der Waals surface area contributed by atoms with E-state index >= 15 is 0 Å². The molecule has 0 bridgehead atoms. The average Bonchev–Trinajstić information content (AvgIpc) is 3.30. The molecule has 1 heterocycles. The standard InChI is InChI=1S/C29H34F3NO2/c30-29(31,32)20-11-9-19(10-12-20)27(35)25-23(17-7-3-8-17)24-21(33-26(25)18-5-1-2-6-18)15-28(13-4-14-28)16-22(24)34/h9-12,17-18,22,27,34-35H,1-8,13-16H2/t22-,27-/m0/s1. The molecule has 0 aliphatic heterocycles. The minimum Gasteiger partial charge on any atom is -0.388 e. The number of aliphatic hydroxyl groups is 2. The Labute approximate surface area is 204 Å². The molecule has 2 aromatic rings. The molecule has 1 aromatic carbocycles. The van der Waals surface area contributed by atoms with Gasteiger partial charge >= 0.3 is 6.18 Å². The van der Waals surface area contributed by atoms with Crippen molar-refractivity contribution in [2.45, 2.75) is 107 Å². The van der Waals surface area contributed by atoms with Crippen molar-refractivity contribution in [3.8, 4) is 0 Å². The molecule has 6 rings (SSSR count). The van der Waals surface area contributed by atoms with Crippen LogP contribution < -0.4 is 0 Å². The van der Waals surface area contributed by atoms with Crippen molar-refractivity contribution in [1.29, 1.82) is 0 Å². The lowest BCUT2D eigenvalue weighted by Gasteiger charge is -2.48. The Hall–Kier alpha value is -1.92. The molecule has 35 heavy (non-hydrogen) atoms. The van der Waals surface area contributed by atoms with Crippen molar-refractivity contribution in [3.05, 3.63) is 63.5 Å². The van der Waals surface area contributed by atoms with Crippen molar-refractivity contribution in [2.75, 3.05) is 0 Å². The van der Waals surface area contributed by atoms with Crippen molar-refractivity contribution in [1.82, 2.24) is 4.98 Å². The van der Waals surface area contributed by atoms with Crippen LogP contribution in [0.3, 0.4) is 0 Å². The third-order valence-corrected chi connectivity index (χ3v) is 9.42. The predicted molar refractivity (Wildman–Crippen MR) is 127 cm³/mol. The van der Waals surface area contributed by atoms with Crippen LogP contribution in [-0.2, 0) is 12.6 Å². The zero-order valence-electron chi connectivity index (χ0n) is 20.1. The van der Waals surface area contributed by atoms with Crippen molar-refractivity contribution in [3.63, 3.8) is 0 Å². The molecule has 3 nitrogen and oxygen atoms in total. The lowest BCUT2D eigenvalue weighted by Crippen LogP contribution is -2.39. The fourth-order valence-electron chi connectivity index (χ4n) is 7.16. The average molecular weight is 486 g/mol. The molecular weight excluding hydrogens is 451 g/mol. The Morgan fingerprint density at radius 2 is 1.54 bits per heavy atom. The third-order valence-electron chi connectivity index (χ3n) is 9.42. The number of hydrogen-bond acceptors (Lipinski definition) is 3. The summed E-state index contributed by atoms with van der Waals surface area (Å²) in [5, 5.41) is 23.1. The van der Waals surface area contributed by atoms with Crippen LogP contribution >= 0.6 is 0 Å². The Kier molecular flexibility index (Phi) is 5.76. The smallest absolute Gasteiger partial charge is 0.388 e. The second-order valence-electron chi connectivity index (χ2n) is 11.6. The molecule has 2 N–H and O–H groups in total. The zero-order valence-corrected chi connectivity index (χ0v) is 20.1. The highest BCUT2D eigenvalue weighted by Gasteiger charge is 2.47. The van der Waals surface area contributed by atoms with Crippen molar-refractivity contribution in [2.24, 2.45) is 5.41 Å². The number of aliphatic hydroxyl groups excluding tert-OH is 2. The summed E-state index contributed by atoms with van der Waals surface area (Å²) < 4.78 is 39.5. The quantitative estimate of drug-likeness (QED) is 0.479. The highest BCUT2D eigenvalue weighted by Crippen LogP contribution is 2.57. The van der Waals surface area contributed by atoms with Gasteiger partial charge in [0, 0.05) is 22.7 Å². The van der Waals surface area contributed by atoms with E-state index in [-0.39, 0.29) is 17.3 Å². The summed E-state index contributed by atoms with van der Waals surface area (Å²) in [5.74, 6) is 0.533. The summed E-state index contributed by atoms with van der Waals surface area (Å²) in [6.07, 6.45) is 6.55. The second-order valence-corrected chi connectivity index (χ2v) is 11.6. The fraction of sp³-hybridized carbons (Fsp3) is 0.621. The van der Waals surface area contributed by atoms with E-state index in [1.807, 2.05) is 0 Å². The van der Waals surface area contributed by atoms with Gasteiger partial charge in [-0.2, -0.15) is 13.2 Å². The van der Waals surface area contributed by atoms with E-state index in [1.54, 1.807) is 0 Å². The molecule has 0 unspecified atom stereocenters. The van der Waals surface area contributed by atoms with Crippen LogP contribution in [0.5, 0.6) is 0 Å². The zero-order chi connectivity index (χ0) is 24.4. The molecule has 3 fully saturated rings. The fourth-order valence-corrected chi connectivity index (χ4v) is 7.16. The first-order valence-corrected chi connectivity index (χ1v) is 13.4. The summed E-state index contributed by atoms with van der Waals surface area (Å²) in [6, 6.07) is 4.90. The largest absolute Gasteiger partial charge is 0.416 e. The molecule has 3 saturated carbocycles. The third kappa shape index (κ3) is 4.01. The summed E-state index contributed by atoms with van der Waals surface area (Å²) in [7, 11) is 0. The molecule has 0 amide bonds. The molecule has 1 spiro atoms. The Morgan fingerprint density at radius 3 is 2.09 bits per heavy atom. The lowest BCUT2D eigenvalue weighted by atomic mass is 9.58. The Morgan fingerprint density at radius 1 is 0.886 bits per heavy atom. The van der Waals surface area contributed by atoms with Gasteiger partial charge in [-0.1, -0.05) is 37.8 Å². The van der Waals surface area contributed by atoms with Crippen LogP contribution in [0.2, 0.25) is 0 Å². The first-order valence-electron chi connectivity index (χ1n) is 13.4. The van der Waals surface area contributed by atoms with Gasteiger partial charge in [0.1, 0.15) is 6.10 Å². The van der Waals surface area contributed by atoms with Gasteiger partial charge < -0.3 is 10.2 Å². The van der Waals surface area contributed by atoms with E-state index < -0.39 is 23.9 Å². The maximum Gasteiger partial charge on any atom is 0.416 e. The summed E-state index contributed by atoms with van der Waals surface area (Å²) in [4.78, 5) is 5.23. The van der Waals surface area contributed by atoms with E-state index in [9.17, 15) is 23.4 Å². The van der Waals surface area contributed by atoms with Gasteiger partial charge in [-0.05, 0) is 86.0 Å². The topological polar surface area (TPSA) is 53.4 Å². The van der Waals surface area contributed by atoms with Gasteiger partial charge in [0.2, 0.25) is 0 Å². The minimum absolute atomic E-state index is 0.163. The Balaban J connectivity index is 1.51. The van der Waals surface area contributed by atoms with E-state index in [2.05, 4.69) is 0 Å². The molecule has 0 radical (unpaired) electrons. The van der Waals surface area contributed by atoms with Gasteiger partial charge in [0.05, 0.1) is 17.4 Å². The maximum absolute atomic E-state index is 13.2. The van der Waals surface area contributed by atoms with E-state index in [0.29, 0.717) is 5.56 Å². The first-order chi connectivity index (χ1) is 16.8. The number of rotatable bonds is 4. The summed E-state index contributed by atoms with van der Waals surface area (Å²) in [6.45, 7) is 0. The number of fused-ring (bicyclic) bond motifs is 1. The molecule has 2 atom stereocenters. The highest BCUT2D eigenvalue weighted by atomic mass is 19.4. The number of pyridine rings is 1. The summed E-state index contributed by atoms with van der Waals surface area (Å²) in [5.41, 5.74) is 4.65. The van der Waals surface area contributed by atoms with Crippen molar-refractivity contribution < 1.29 is 23.4 Å². The SMILES string of the molecule is O[C@@H](c1ccc(C(F)(F)F)cc1)c1c(C2CCCC2)nc2c(c1C1CCC1)[C@@H](O)CC1(CCC1)C2. The molecule has 4 aliphatic carbocycles. The number of benzene rings is 1. The Bertz CT molecular complexity index is 1100. The molecule has 4 aliphatic rings. The molecule has 188 valence electrons. The molecule has 6 heteroatoms.